The SMILES string of the molecule is COc1cc(Oc2nccc(C#N)c2N)cc(C(N)=O)c1. The van der Waals surface area contributed by atoms with Crippen LogP contribution in [-0.4, -0.2) is 18.0 Å². The molecule has 21 heavy (non-hydrogen) atoms. The molecular weight excluding hydrogens is 272 g/mol. The maximum Gasteiger partial charge on any atom is 0.248 e. The van der Waals surface area contributed by atoms with Gasteiger partial charge in [-0.15, -0.1) is 0 Å². The Morgan fingerprint density at radius 2 is 2.05 bits per heavy atom. The Hall–Kier alpha value is -3.27. The predicted molar refractivity (Wildman–Crippen MR) is 75.0 cm³/mol. The number of ether oxygens (including phenoxy) is 2. The summed E-state index contributed by atoms with van der Waals surface area (Å²) < 4.78 is 10.6. The summed E-state index contributed by atoms with van der Waals surface area (Å²) in [6.45, 7) is 0. The van der Waals surface area contributed by atoms with Crippen molar-refractivity contribution in [2.45, 2.75) is 0 Å². The van der Waals surface area contributed by atoms with Crippen LogP contribution in [0.1, 0.15) is 15.9 Å². The average Bonchev–Trinajstić information content (AvgIpc) is 2.49. The van der Waals surface area contributed by atoms with Gasteiger partial charge in [-0.1, -0.05) is 0 Å². The van der Waals surface area contributed by atoms with Crippen LogP contribution in [0.2, 0.25) is 0 Å². The second-order valence-corrected chi connectivity index (χ2v) is 4.05. The molecule has 0 saturated heterocycles. The fourth-order valence-electron chi connectivity index (χ4n) is 1.64. The molecule has 1 heterocycles. The number of nitrogen functional groups attached to an aromatic ring is 1. The van der Waals surface area contributed by atoms with Crippen molar-refractivity contribution in [3.05, 3.63) is 41.6 Å². The smallest absolute Gasteiger partial charge is 0.248 e. The summed E-state index contributed by atoms with van der Waals surface area (Å²) in [6, 6.07) is 7.87. The molecule has 0 bridgehead atoms. The van der Waals surface area contributed by atoms with Crippen molar-refractivity contribution in [3.63, 3.8) is 0 Å². The molecule has 1 aromatic carbocycles. The van der Waals surface area contributed by atoms with Crippen LogP contribution in [0.25, 0.3) is 0 Å². The van der Waals surface area contributed by atoms with E-state index in [4.69, 9.17) is 26.2 Å². The number of carbonyl (C=O) groups excluding carboxylic acids is 1. The summed E-state index contributed by atoms with van der Waals surface area (Å²) in [5, 5.41) is 8.91. The lowest BCUT2D eigenvalue weighted by atomic mass is 10.2. The first-order chi connectivity index (χ1) is 10.0. The largest absolute Gasteiger partial charge is 0.497 e. The van der Waals surface area contributed by atoms with Crippen LogP contribution in [0.5, 0.6) is 17.4 Å². The van der Waals surface area contributed by atoms with Gasteiger partial charge in [0, 0.05) is 17.8 Å². The molecule has 0 unspecified atom stereocenters. The molecule has 7 heteroatoms. The summed E-state index contributed by atoms with van der Waals surface area (Å²) in [5.41, 5.74) is 11.6. The van der Waals surface area contributed by atoms with Crippen LogP contribution in [0.4, 0.5) is 5.69 Å². The molecule has 0 fully saturated rings. The number of nitrogens with zero attached hydrogens (tertiary/aromatic N) is 2. The number of amides is 1. The Morgan fingerprint density at radius 1 is 1.33 bits per heavy atom. The van der Waals surface area contributed by atoms with Gasteiger partial charge in [-0.05, 0) is 18.2 Å². The van der Waals surface area contributed by atoms with E-state index in [2.05, 4.69) is 4.98 Å². The number of anilines is 1. The van der Waals surface area contributed by atoms with Gasteiger partial charge in [-0.3, -0.25) is 4.79 Å². The quantitative estimate of drug-likeness (QED) is 0.875. The lowest BCUT2D eigenvalue weighted by Crippen LogP contribution is -2.11. The number of hydrogen-bond donors (Lipinski definition) is 2. The number of pyridine rings is 1. The molecule has 1 amide bonds. The fraction of sp³-hybridized carbons (Fsp3) is 0.0714. The minimum absolute atomic E-state index is 0.0673. The van der Waals surface area contributed by atoms with Gasteiger partial charge in [-0.25, -0.2) is 4.98 Å². The molecule has 0 saturated carbocycles. The zero-order valence-corrected chi connectivity index (χ0v) is 11.2. The standard InChI is InChI=1S/C14H12N4O3/c1-20-10-4-9(13(17)19)5-11(6-10)21-14-12(16)8(7-15)2-3-18-14/h2-6H,16H2,1H3,(H2,17,19). The molecule has 0 aliphatic rings. The van der Waals surface area contributed by atoms with E-state index in [9.17, 15) is 4.79 Å². The molecule has 0 spiro atoms. The molecule has 0 atom stereocenters. The van der Waals surface area contributed by atoms with Crippen molar-refractivity contribution < 1.29 is 14.3 Å². The zero-order valence-electron chi connectivity index (χ0n) is 11.2. The minimum atomic E-state index is -0.620. The van der Waals surface area contributed by atoms with Crippen molar-refractivity contribution in [3.8, 4) is 23.4 Å². The van der Waals surface area contributed by atoms with Crippen molar-refractivity contribution in [2.24, 2.45) is 5.73 Å². The number of hydrogen-bond acceptors (Lipinski definition) is 6. The normalized spacial score (nSPS) is 9.71. The van der Waals surface area contributed by atoms with Gasteiger partial charge >= 0.3 is 0 Å². The van der Waals surface area contributed by atoms with Crippen LogP contribution >= 0.6 is 0 Å². The summed E-state index contributed by atoms with van der Waals surface area (Å²) in [5.74, 6) is 0.122. The van der Waals surface area contributed by atoms with Crippen LogP contribution < -0.4 is 20.9 Å². The topological polar surface area (TPSA) is 124 Å². The maximum atomic E-state index is 11.3. The number of rotatable bonds is 4. The molecule has 4 N–H and O–H groups in total. The van der Waals surface area contributed by atoms with Gasteiger partial charge in [0.25, 0.3) is 0 Å². The van der Waals surface area contributed by atoms with Crippen LogP contribution in [0, 0.1) is 11.3 Å². The maximum absolute atomic E-state index is 11.3. The molecule has 0 aliphatic heterocycles. The molecule has 7 nitrogen and oxygen atoms in total. The number of nitriles is 1. The minimum Gasteiger partial charge on any atom is -0.497 e. The summed E-state index contributed by atoms with van der Waals surface area (Å²) in [7, 11) is 1.45. The Bertz CT molecular complexity index is 737. The van der Waals surface area contributed by atoms with Crippen LogP contribution in [0.3, 0.4) is 0 Å². The van der Waals surface area contributed by atoms with E-state index >= 15 is 0 Å². The van der Waals surface area contributed by atoms with Crippen LogP contribution in [0.15, 0.2) is 30.5 Å². The van der Waals surface area contributed by atoms with Crippen molar-refractivity contribution in [1.29, 1.82) is 5.26 Å². The molecule has 0 radical (unpaired) electrons. The van der Waals surface area contributed by atoms with E-state index in [-0.39, 0.29) is 28.4 Å². The van der Waals surface area contributed by atoms with E-state index in [0.717, 1.165) is 0 Å². The number of aromatic nitrogens is 1. The summed E-state index contributed by atoms with van der Waals surface area (Å²) in [4.78, 5) is 15.2. The van der Waals surface area contributed by atoms with Gasteiger partial charge in [0.05, 0.1) is 12.7 Å². The van der Waals surface area contributed by atoms with Crippen molar-refractivity contribution in [1.82, 2.24) is 4.98 Å². The Balaban J connectivity index is 2.42. The highest BCUT2D eigenvalue weighted by molar-refractivity contribution is 5.93. The van der Waals surface area contributed by atoms with Crippen molar-refractivity contribution in [2.75, 3.05) is 12.8 Å². The van der Waals surface area contributed by atoms with E-state index in [1.807, 2.05) is 6.07 Å². The molecule has 0 aliphatic carbocycles. The third kappa shape index (κ3) is 3.01. The average molecular weight is 284 g/mol. The number of methoxy groups -OCH3 is 1. The molecule has 106 valence electrons. The summed E-state index contributed by atoms with van der Waals surface area (Å²) >= 11 is 0. The fourth-order valence-corrected chi connectivity index (χ4v) is 1.64. The summed E-state index contributed by atoms with van der Waals surface area (Å²) in [6.07, 6.45) is 1.40. The van der Waals surface area contributed by atoms with Gasteiger partial charge in [0.1, 0.15) is 23.3 Å². The van der Waals surface area contributed by atoms with Gasteiger partial charge in [0.2, 0.25) is 11.8 Å². The third-order valence-electron chi connectivity index (χ3n) is 2.69. The number of carbonyl (C=O) groups is 1. The second kappa shape index (κ2) is 5.79. The first kappa shape index (κ1) is 14.1. The monoisotopic (exact) mass is 284 g/mol. The molecular formula is C14H12N4O3. The highest BCUT2D eigenvalue weighted by Gasteiger charge is 2.11. The lowest BCUT2D eigenvalue weighted by molar-refractivity contribution is 0.0999. The molecule has 1 aromatic heterocycles. The number of nitrogens with two attached hydrogens (primary N) is 2. The zero-order chi connectivity index (χ0) is 15.4. The number of benzene rings is 1. The highest BCUT2D eigenvalue weighted by atomic mass is 16.5. The first-order valence-electron chi connectivity index (χ1n) is 5.86. The molecule has 2 rings (SSSR count). The van der Waals surface area contributed by atoms with E-state index < -0.39 is 5.91 Å². The van der Waals surface area contributed by atoms with E-state index in [1.165, 1.54) is 31.5 Å². The van der Waals surface area contributed by atoms with Crippen molar-refractivity contribution >= 4 is 11.6 Å². The Kier molecular flexibility index (Phi) is 3.90. The Labute approximate surface area is 120 Å². The van der Waals surface area contributed by atoms with Crippen LogP contribution in [-0.2, 0) is 0 Å². The van der Waals surface area contributed by atoms with E-state index in [0.29, 0.717) is 5.75 Å². The van der Waals surface area contributed by atoms with E-state index in [1.54, 1.807) is 6.07 Å². The van der Waals surface area contributed by atoms with Gasteiger partial charge in [-0.2, -0.15) is 5.26 Å². The van der Waals surface area contributed by atoms with Gasteiger partial charge in [0.15, 0.2) is 0 Å². The predicted octanol–water partition coefficient (Wildman–Crippen LogP) is 1.44. The van der Waals surface area contributed by atoms with Gasteiger partial charge < -0.3 is 20.9 Å². The first-order valence-corrected chi connectivity index (χ1v) is 5.86. The second-order valence-electron chi connectivity index (χ2n) is 4.05. The third-order valence-corrected chi connectivity index (χ3v) is 2.69. The Morgan fingerprint density at radius 3 is 2.67 bits per heavy atom. The highest BCUT2D eigenvalue weighted by Crippen LogP contribution is 2.30. The number of primary amides is 1. The molecule has 2 aromatic rings. The lowest BCUT2D eigenvalue weighted by Gasteiger charge is -2.10.